The summed E-state index contributed by atoms with van der Waals surface area (Å²) in [5, 5.41) is 12.3. The Hall–Kier alpha value is -2.41. The van der Waals surface area contributed by atoms with Crippen molar-refractivity contribution in [2.75, 3.05) is 5.73 Å². The fraction of sp³-hybridized carbons (Fsp3) is 0. The van der Waals surface area contributed by atoms with Crippen LogP contribution in [0.25, 0.3) is 5.69 Å². The van der Waals surface area contributed by atoms with Crippen LogP contribution in [0.3, 0.4) is 0 Å². The predicted octanol–water partition coefficient (Wildman–Crippen LogP) is 0.713. The minimum absolute atomic E-state index is 0.0109. The molecule has 1 aromatic carbocycles. The van der Waals surface area contributed by atoms with Crippen molar-refractivity contribution in [2.24, 2.45) is 0 Å². The summed E-state index contributed by atoms with van der Waals surface area (Å²) < 4.78 is 14.2. The summed E-state index contributed by atoms with van der Waals surface area (Å²) in [6.45, 7) is 0. The first-order chi connectivity index (χ1) is 8.13. The molecule has 0 aliphatic rings. The molecule has 17 heavy (non-hydrogen) atoms. The highest BCUT2D eigenvalue weighted by Gasteiger charge is 2.15. The van der Waals surface area contributed by atoms with Crippen molar-refractivity contribution in [3.63, 3.8) is 0 Å². The molecule has 0 unspecified atom stereocenters. The summed E-state index contributed by atoms with van der Waals surface area (Å²) in [5.74, 6) is -1.20. The van der Waals surface area contributed by atoms with Gasteiger partial charge in [-0.15, -0.1) is 0 Å². The van der Waals surface area contributed by atoms with Gasteiger partial charge >= 0.3 is 0 Å². The lowest BCUT2D eigenvalue weighted by Crippen LogP contribution is -2.19. The Morgan fingerprint density at radius 3 is 2.94 bits per heavy atom. The topological polar surface area (TPSA) is 93.2 Å². The Balaban J connectivity index is 2.48. The summed E-state index contributed by atoms with van der Waals surface area (Å²) in [7, 11) is 0. The minimum atomic E-state index is -0.773. The number of aromatic nitrogens is 2. The van der Waals surface area contributed by atoms with Crippen LogP contribution in [0.5, 0.6) is 0 Å². The van der Waals surface area contributed by atoms with E-state index in [0.29, 0.717) is 5.69 Å². The van der Waals surface area contributed by atoms with Crippen molar-refractivity contribution in [3.05, 3.63) is 41.8 Å². The van der Waals surface area contributed by atoms with Gasteiger partial charge in [0.1, 0.15) is 17.2 Å². The average Bonchev–Trinajstić information content (AvgIpc) is 2.70. The van der Waals surface area contributed by atoms with Gasteiger partial charge in [-0.1, -0.05) is 6.07 Å². The van der Waals surface area contributed by atoms with Crippen LogP contribution < -0.4 is 11.2 Å². The van der Waals surface area contributed by atoms with E-state index >= 15 is 0 Å². The normalized spacial score (nSPS) is 10.2. The second kappa shape index (κ2) is 4.22. The van der Waals surface area contributed by atoms with Crippen LogP contribution >= 0.6 is 0 Å². The van der Waals surface area contributed by atoms with Crippen molar-refractivity contribution in [3.8, 4) is 5.69 Å². The number of anilines is 1. The zero-order valence-electron chi connectivity index (χ0n) is 8.59. The third-order valence-electron chi connectivity index (χ3n) is 2.21. The van der Waals surface area contributed by atoms with E-state index in [2.05, 4.69) is 5.10 Å². The van der Waals surface area contributed by atoms with E-state index < -0.39 is 11.7 Å². The lowest BCUT2D eigenvalue weighted by Gasteiger charge is -2.04. The number of benzene rings is 1. The predicted molar refractivity (Wildman–Crippen MR) is 57.2 cm³/mol. The van der Waals surface area contributed by atoms with Gasteiger partial charge in [0, 0.05) is 0 Å². The van der Waals surface area contributed by atoms with Crippen LogP contribution in [-0.2, 0) is 0 Å². The average molecular weight is 236 g/mol. The number of hydrogen-bond acceptors (Lipinski definition) is 4. The monoisotopic (exact) mass is 236 g/mol. The molecule has 0 fully saturated rings. The maximum absolute atomic E-state index is 13.0. The molecular weight excluding hydrogens is 227 g/mol. The van der Waals surface area contributed by atoms with Gasteiger partial charge < -0.3 is 5.73 Å². The van der Waals surface area contributed by atoms with Crippen molar-refractivity contribution in [1.82, 2.24) is 15.3 Å². The van der Waals surface area contributed by atoms with Crippen LogP contribution in [-0.4, -0.2) is 20.9 Å². The Morgan fingerprint density at radius 2 is 2.29 bits per heavy atom. The third kappa shape index (κ3) is 1.95. The fourth-order valence-electron chi connectivity index (χ4n) is 1.41. The molecule has 1 amide bonds. The molecule has 2 rings (SSSR count). The summed E-state index contributed by atoms with van der Waals surface area (Å²) in [4.78, 5) is 11.2. The second-order valence-electron chi connectivity index (χ2n) is 3.28. The van der Waals surface area contributed by atoms with Crippen LogP contribution in [0.4, 0.5) is 10.2 Å². The largest absolute Gasteiger partial charge is 0.383 e. The quantitative estimate of drug-likeness (QED) is 0.529. The molecule has 88 valence electrons. The lowest BCUT2D eigenvalue weighted by molar-refractivity contribution is 0.0707. The zero-order valence-corrected chi connectivity index (χ0v) is 8.59. The number of carbonyl (C=O) groups is 1. The molecule has 0 aliphatic carbocycles. The Labute approximate surface area is 95.4 Å². The van der Waals surface area contributed by atoms with E-state index in [1.807, 2.05) is 0 Å². The van der Waals surface area contributed by atoms with Gasteiger partial charge in [-0.05, 0) is 18.2 Å². The third-order valence-corrected chi connectivity index (χ3v) is 2.21. The summed E-state index contributed by atoms with van der Waals surface area (Å²) >= 11 is 0. The molecule has 0 aliphatic heterocycles. The molecule has 1 heterocycles. The summed E-state index contributed by atoms with van der Waals surface area (Å²) in [5.41, 5.74) is 7.52. The lowest BCUT2D eigenvalue weighted by atomic mass is 10.3. The highest BCUT2D eigenvalue weighted by molar-refractivity contribution is 5.97. The standard InChI is InChI=1S/C10H9FN4O2/c11-6-2-1-3-7(4-6)15-9(12)8(5-13-15)10(16)14-17/h1-5,17H,12H2,(H,14,16). The van der Waals surface area contributed by atoms with E-state index in [4.69, 9.17) is 10.9 Å². The van der Waals surface area contributed by atoms with Gasteiger partial charge in [0.05, 0.1) is 11.9 Å². The van der Waals surface area contributed by atoms with Crippen LogP contribution in [0.15, 0.2) is 30.5 Å². The number of rotatable bonds is 2. The Morgan fingerprint density at radius 1 is 1.53 bits per heavy atom. The van der Waals surface area contributed by atoms with Crippen molar-refractivity contribution >= 4 is 11.7 Å². The fourth-order valence-corrected chi connectivity index (χ4v) is 1.41. The summed E-state index contributed by atoms with van der Waals surface area (Å²) in [6.07, 6.45) is 1.19. The molecule has 7 heteroatoms. The first kappa shape index (κ1) is 11.1. The van der Waals surface area contributed by atoms with Gasteiger partial charge in [-0.3, -0.25) is 10.0 Å². The maximum Gasteiger partial charge on any atom is 0.280 e. The number of amides is 1. The van der Waals surface area contributed by atoms with Gasteiger partial charge in [-0.25, -0.2) is 14.6 Å². The number of carbonyl (C=O) groups excluding carboxylic acids is 1. The molecule has 0 radical (unpaired) electrons. The van der Waals surface area contributed by atoms with Crippen molar-refractivity contribution < 1.29 is 14.4 Å². The number of nitrogens with one attached hydrogen (secondary N) is 1. The van der Waals surface area contributed by atoms with Crippen LogP contribution in [0.1, 0.15) is 10.4 Å². The molecule has 0 spiro atoms. The first-order valence-electron chi connectivity index (χ1n) is 4.67. The highest BCUT2D eigenvalue weighted by atomic mass is 19.1. The van der Waals surface area contributed by atoms with E-state index in [1.165, 1.54) is 34.6 Å². The molecule has 0 atom stereocenters. The van der Waals surface area contributed by atoms with Crippen molar-refractivity contribution in [1.29, 1.82) is 0 Å². The molecule has 4 N–H and O–H groups in total. The molecule has 0 bridgehead atoms. The second-order valence-corrected chi connectivity index (χ2v) is 3.28. The molecule has 6 nitrogen and oxygen atoms in total. The number of hydroxylamine groups is 1. The smallest absolute Gasteiger partial charge is 0.280 e. The van der Waals surface area contributed by atoms with Crippen LogP contribution in [0, 0.1) is 5.82 Å². The molecule has 2 aromatic rings. The molecule has 0 saturated heterocycles. The zero-order chi connectivity index (χ0) is 12.4. The molecular formula is C10H9FN4O2. The number of nitrogens with zero attached hydrogens (tertiary/aromatic N) is 2. The number of halogens is 1. The van der Waals surface area contributed by atoms with E-state index in [9.17, 15) is 9.18 Å². The van der Waals surface area contributed by atoms with Gasteiger partial charge in [0.15, 0.2) is 0 Å². The Kier molecular flexibility index (Phi) is 2.75. The van der Waals surface area contributed by atoms with Gasteiger partial charge in [-0.2, -0.15) is 5.10 Å². The Bertz CT molecular complexity index is 567. The van der Waals surface area contributed by atoms with E-state index in [-0.39, 0.29) is 11.4 Å². The SMILES string of the molecule is Nc1c(C(=O)NO)cnn1-c1cccc(F)c1. The summed E-state index contributed by atoms with van der Waals surface area (Å²) in [6, 6.07) is 5.60. The number of nitrogens with two attached hydrogens (primary N) is 1. The molecule has 1 aromatic heterocycles. The molecule has 0 saturated carbocycles. The first-order valence-corrected chi connectivity index (χ1v) is 4.67. The highest BCUT2D eigenvalue weighted by Crippen LogP contribution is 2.17. The van der Waals surface area contributed by atoms with Crippen molar-refractivity contribution in [2.45, 2.75) is 0 Å². The van der Waals surface area contributed by atoms with Gasteiger partial charge in [0.2, 0.25) is 0 Å². The number of nitrogen functional groups attached to an aromatic ring is 1. The van der Waals surface area contributed by atoms with E-state index in [1.54, 1.807) is 6.07 Å². The van der Waals surface area contributed by atoms with Gasteiger partial charge in [0.25, 0.3) is 5.91 Å². The number of hydrogen-bond donors (Lipinski definition) is 3. The maximum atomic E-state index is 13.0. The minimum Gasteiger partial charge on any atom is -0.383 e. The van der Waals surface area contributed by atoms with Crippen LogP contribution in [0.2, 0.25) is 0 Å². The van der Waals surface area contributed by atoms with E-state index in [0.717, 1.165) is 0 Å².